The van der Waals surface area contributed by atoms with Crippen molar-refractivity contribution in [1.82, 2.24) is 10.2 Å². The highest BCUT2D eigenvalue weighted by Gasteiger charge is 2.19. The normalized spacial score (nSPS) is 22.6. The lowest BCUT2D eigenvalue weighted by Gasteiger charge is -2.24. The zero-order chi connectivity index (χ0) is 13.9. The highest BCUT2D eigenvalue weighted by atomic mass is 32.2. The summed E-state index contributed by atoms with van der Waals surface area (Å²) in [6.45, 7) is 1.78. The number of para-hydroxylation sites is 1. The van der Waals surface area contributed by atoms with Gasteiger partial charge in [0.05, 0.1) is 5.56 Å². The van der Waals surface area contributed by atoms with Gasteiger partial charge in [-0.2, -0.15) is 0 Å². The molecule has 0 radical (unpaired) electrons. The summed E-state index contributed by atoms with van der Waals surface area (Å²) < 4.78 is 16.9. The highest BCUT2D eigenvalue weighted by molar-refractivity contribution is 7.85. The average Bonchev–Trinajstić information content (AvgIpc) is 2.88. The summed E-state index contributed by atoms with van der Waals surface area (Å²) in [6, 6.07) is 8.28. The van der Waals surface area contributed by atoms with Crippen LogP contribution in [0.4, 0.5) is 5.69 Å². The lowest BCUT2D eigenvalue weighted by molar-refractivity contribution is 0.532. The van der Waals surface area contributed by atoms with Crippen LogP contribution in [0.1, 0.15) is 18.7 Å². The number of hydrogen-bond donors (Lipinski definition) is 1. The van der Waals surface area contributed by atoms with Crippen LogP contribution in [0.2, 0.25) is 0 Å². The molecule has 0 amide bonds. The molecular formula is C14H17N3O2S. The van der Waals surface area contributed by atoms with Crippen LogP contribution in [-0.4, -0.2) is 32.0 Å². The number of aromatic nitrogens is 2. The smallest absolute Gasteiger partial charge is 0.249 e. The maximum Gasteiger partial charge on any atom is 0.249 e. The fraction of sp³-hybridized carbons (Fsp3) is 0.429. The van der Waals surface area contributed by atoms with E-state index in [1.54, 1.807) is 6.92 Å². The summed E-state index contributed by atoms with van der Waals surface area (Å²) in [5, 5.41) is 11.5. The molecule has 1 N–H and O–H groups in total. The number of rotatable bonds is 3. The van der Waals surface area contributed by atoms with Crippen molar-refractivity contribution in [2.75, 3.05) is 16.8 Å². The molecule has 20 heavy (non-hydrogen) atoms. The van der Waals surface area contributed by atoms with E-state index in [-0.39, 0.29) is 0 Å². The van der Waals surface area contributed by atoms with E-state index in [1.807, 2.05) is 24.3 Å². The predicted octanol–water partition coefficient (Wildman–Crippen LogP) is 2.37. The third-order valence-corrected chi connectivity index (χ3v) is 4.81. The van der Waals surface area contributed by atoms with Crippen molar-refractivity contribution in [1.29, 1.82) is 0 Å². The standard InChI is InChI=1S/C14H17N3O2S/c1-10-16-17-14(19-10)12-4-2-3-5-13(12)15-11-6-8-20(18)9-7-11/h2-5,11,15H,6-9H2,1H3. The molecule has 1 aromatic heterocycles. The third-order valence-electron chi connectivity index (χ3n) is 3.43. The van der Waals surface area contributed by atoms with Gasteiger partial charge >= 0.3 is 0 Å². The number of hydrogen-bond acceptors (Lipinski definition) is 5. The predicted molar refractivity (Wildman–Crippen MR) is 79.0 cm³/mol. The number of benzene rings is 1. The van der Waals surface area contributed by atoms with Gasteiger partial charge in [0.25, 0.3) is 0 Å². The molecule has 2 aromatic rings. The first-order valence-electron chi connectivity index (χ1n) is 6.73. The fourth-order valence-corrected chi connectivity index (χ4v) is 3.66. The maximum atomic E-state index is 11.4. The van der Waals surface area contributed by atoms with Gasteiger partial charge in [-0.05, 0) is 25.0 Å². The van der Waals surface area contributed by atoms with Crippen LogP contribution in [0.25, 0.3) is 11.5 Å². The van der Waals surface area contributed by atoms with Gasteiger partial charge in [0.15, 0.2) is 0 Å². The first-order valence-corrected chi connectivity index (χ1v) is 8.22. The minimum Gasteiger partial charge on any atom is -0.421 e. The molecule has 1 fully saturated rings. The van der Waals surface area contributed by atoms with Crippen LogP contribution >= 0.6 is 0 Å². The van der Waals surface area contributed by atoms with Crippen LogP contribution in [0, 0.1) is 6.92 Å². The Kier molecular flexibility index (Phi) is 3.82. The van der Waals surface area contributed by atoms with Gasteiger partial charge in [-0.15, -0.1) is 10.2 Å². The molecule has 0 unspecified atom stereocenters. The Balaban J connectivity index is 1.81. The van der Waals surface area contributed by atoms with Crippen LogP contribution in [-0.2, 0) is 10.8 Å². The Hall–Kier alpha value is -1.69. The number of anilines is 1. The molecule has 1 saturated heterocycles. The Morgan fingerprint density at radius 3 is 2.70 bits per heavy atom. The fourth-order valence-electron chi connectivity index (χ4n) is 2.36. The second kappa shape index (κ2) is 5.75. The Morgan fingerprint density at radius 2 is 2.00 bits per heavy atom. The summed E-state index contributed by atoms with van der Waals surface area (Å²) in [7, 11) is -0.638. The van der Waals surface area contributed by atoms with E-state index in [0.717, 1.165) is 35.6 Å². The average molecular weight is 291 g/mol. The molecule has 1 aromatic carbocycles. The molecule has 106 valence electrons. The van der Waals surface area contributed by atoms with Crippen molar-refractivity contribution >= 4 is 16.5 Å². The van der Waals surface area contributed by atoms with Gasteiger partial charge in [0, 0.05) is 41.0 Å². The molecular weight excluding hydrogens is 274 g/mol. The highest BCUT2D eigenvalue weighted by Crippen LogP contribution is 2.28. The lowest BCUT2D eigenvalue weighted by Crippen LogP contribution is -2.29. The van der Waals surface area contributed by atoms with E-state index in [2.05, 4.69) is 15.5 Å². The molecule has 0 bridgehead atoms. The molecule has 2 heterocycles. The molecule has 0 aliphatic carbocycles. The van der Waals surface area contributed by atoms with Crippen molar-refractivity contribution < 1.29 is 8.63 Å². The van der Waals surface area contributed by atoms with Crippen molar-refractivity contribution in [3.8, 4) is 11.5 Å². The first kappa shape index (κ1) is 13.3. The van der Waals surface area contributed by atoms with Crippen LogP contribution in [0.5, 0.6) is 0 Å². The molecule has 6 heteroatoms. The summed E-state index contributed by atoms with van der Waals surface area (Å²) in [4.78, 5) is 0. The molecule has 1 aliphatic rings. The van der Waals surface area contributed by atoms with E-state index in [9.17, 15) is 4.21 Å². The van der Waals surface area contributed by atoms with Crippen molar-refractivity contribution in [2.24, 2.45) is 0 Å². The number of nitrogens with zero attached hydrogens (tertiary/aromatic N) is 2. The monoisotopic (exact) mass is 291 g/mol. The minimum atomic E-state index is -0.638. The van der Waals surface area contributed by atoms with E-state index < -0.39 is 10.8 Å². The zero-order valence-corrected chi connectivity index (χ0v) is 12.2. The Morgan fingerprint density at radius 1 is 1.25 bits per heavy atom. The third kappa shape index (κ3) is 2.90. The zero-order valence-electron chi connectivity index (χ0n) is 11.3. The molecule has 0 spiro atoms. The Labute approximate surface area is 120 Å². The molecule has 1 aliphatic heterocycles. The van der Waals surface area contributed by atoms with E-state index >= 15 is 0 Å². The lowest BCUT2D eigenvalue weighted by atomic mass is 10.1. The second-order valence-corrected chi connectivity index (χ2v) is 6.63. The molecule has 5 nitrogen and oxygen atoms in total. The van der Waals surface area contributed by atoms with Crippen molar-refractivity contribution in [3.05, 3.63) is 30.2 Å². The summed E-state index contributed by atoms with van der Waals surface area (Å²) >= 11 is 0. The van der Waals surface area contributed by atoms with Crippen molar-refractivity contribution in [3.63, 3.8) is 0 Å². The molecule has 3 rings (SSSR count). The van der Waals surface area contributed by atoms with Crippen molar-refractivity contribution in [2.45, 2.75) is 25.8 Å². The molecule has 0 atom stereocenters. The van der Waals surface area contributed by atoms with Gasteiger partial charge in [0.1, 0.15) is 0 Å². The SMILES string of the molecule is Cc1nnc(-c2ccccc2NC2CCS(=O)CC2)o1. The van der Waals surface area contributed by atoms with Gasteiger partial charge in [0.2, 0.25) is 11.8 Å². The van der Waals surface area contributed by atoms with Gasteiger partial charge in [-0.25, -0.2) is 0 Å². The quantitative estimate of drug-likeness (QED) is 0.940. The summed E-state index contributed by atoms with van der Waals surface area (Å²) in [6.07, 6.45) is 1.87. The van der Waals surface area contributed by atoms with Gasteiger partial charge in [-0.3, -0.25) is 4.21 Å². The first-order chi connectivity index (χ1) is 9.72. The van der Waals surface area contributed by atoms with E-state index in [1.165, 1.54) is 0 Å². The minimum absolute atomic E-state index is 0.359. The Bertz CT molecular complexity index is 616. The molecule has 0 saturated carbocycles. The topological polar surface area (TPSA) is 68.0 Å². The number of nitrogens with one attached hydrogen (secondary N) is 1. The van der Waals surface area contributed by atoms with Gasteiger partial charge < -0.3 is 9.73 Å². The van der Waals surface area contributed by atoms with E-state index in [4.69, 9.17) is 4.42 Å². The second-order valence-electron chi connectivity index (χ2n) is 4.94. The van der Waals surface area contributed by atoms with Crippen LogP contribution in [0.3, 0.4) is 0 Å². The van der Waals surface area contributed by atoms with Crippen LogP contribution in [0.15, 0.2) is 28.7 Å². The number of aryl methyl sites for hydroxylation is 1. The van der Waals surface area contributed by atoms with Crippen LogP contribution < -0.4 is 5.32 Å². The summed E-state index contributed by atoms with van der Waals surface area (Å²) in [5.74, 6) is 2.65. The van der Waals surface area contributed by atoms with Gasteiger partial charge in [-0.1, -0.05) is 12.1 Å². The maximum absolute atomic E-state index is 11.4. The van der Waals surface area contributed by atoms with E-state index in [0.29, 0.717) is 17.8 Å². The summed E-state index contributed by atoms with van der Waals surface area (Å²) in [5.41, 5.74) is 1.91. The largest absolute Gasteiger partial charge is 0.421 e.